The summed E-state index contributed by atoms with van der Waals surface area (Å²) in [5.74, 6) is 0.377. The third-order valence-corrected chi connectivity index (χ3v) is 4.01. The lowest BCUT2D eigenvalue weighted by atomic mass is 10.3. The lowest BCUT2D eigenvalue weighted by Gasteiger charge is -2.05. The Labute approximate surface area is 118 Å². The number of ether oxygens (including phenoxy) is 1. The molecule has 1 aromatic carbocycles. The topological polar surface area (TPSA) is 21.3 Å². The zero-order valence-corrected chi connectivity index (χ0v) is 12.3. The Balaban J connectivity index is 1.95. The van der Waals surface area contributed by atoms with Gasteiger partial charge in [0.1, 0.15) is 18.2 Å². The number of hydrogen-bond acceptors (Lipinski definition) is 3. The maximum absolute atomic E-state index is 13.0. The molecule has 1 aromatic heterocycles. The van der Waals surface area contributed by atoms with Crippen LogP contribution in [-0.4, -0.2) is 7.05 Å². The minimum absolute atomic E-state index is 0.283. The highest BCUT2D eigenvalue weighted by molar-refractivity contribution is 9.10. The molecule has 2 aromatic rings. The van der Waals surface area contributed by atoms with Crippen molar-refractivity contribution in [3.63, 3.8) is 0 Å². The van der Waals surface area contributed by atoms with Gasteiger partial charge in [-0.05, 0) is 53.3 Å². The number of nitrogens with one attached hydrogen (secondary N) is 1. The van der Waals surface area contributed by atoms with E-state index in [-0.39, 0.29) is 5.82 Å². The van der Waals surface area contributed by atoms with E-state index < -0.39 is 0 Å². The largest absolute Gasteiger partial charge is 0.488 e. The molecule has 2 rings (SSSR count). The average molecular weight is 330 g/mol. The molecule has 0 spiro atoms. The van der Waals surface area contributed by atoms with Crippen molar-refractivity contribution in [3.05, 3.63) is 50.4 Å². The molecular formula is C13H13BrFNOS. The molecule has 0 fully saturated rings. The zero-order chi connectivity index (χ0) is 13.0. The highest BCUT2D eigenvalue weighted by Crippen LogP contribution is 2.23. The molecule has 0 saturated carbocycles. The van der Waals surface area contributed by atoms with E-state index in [1.54, 1.807) is 23.5 Å². The summed E-state index contributed by atoms with van der Waals surface area (Å²) in [5.41, 5.74) is 0. The number of thiophene rings is 1. The van der Waals surface area contributed by atoms with E-state index in [9.17, 15) is 4.39 Å². The Bertz CT molecular complexity index is 529. The van der Waals surface area contributed by atoms with Crippen LogP contribution in [0, 0.1) is 5.82 Å². The summed E-state index contributed by atoms with van der Waals surface area (Å²) in [4.78, 5) is 2.43. The van der Waals surface area contributed by atoms with Crippen LogP contribution in [0.25, 0.3) is 0 Å². The van der Waals surface area contributed by atoms with Gasteiger partial charge in [-0.3, -0.25) is 0 Å². The third kappa shape index (κ3) is 3.54. The SMILES string of the molecule is CNCc1ccc(COc2ccc(F)c(Br)c2)s1. The minimum atomic E-state index is -0.283. The highest BCUT2D eigenvalue weighted by atomic mass is 79.9. The Morgan fingerprint density at radius 3 is 2.78 bits per heavy atom. The minimum Gasteiger partial charge on any atom is -0.488 e. The summed E-state index contributed by atoms with van der Waals surface area (Å²) < 4.78 is 19.1. The quantitative estimate of drug-likeness (QED) is 0.896. The van der Waals surface area contributed by atoms with Gasteiger partial charge >= 0.3 is 0 Å². The van der Waals surface area contributed by atoms with Crippen molar-refractivity contribution in [1.29, 1.82) is 0 Å². The van der Waals surface area contributed by atoms with E-state index in [0.29, 0.717) is 16.8 Å². The van der Waals surface area contributed by atoms with Gasteiger partial charge in [0.25, 0.3) is 0 Å². The van der Waals surface area contributed by atoms with Crippen LogP contribution in [0.15, 0.2) is 34.8 Å². The molecule has 0 aliphatic carbocycles. The number of rotatable bonds is 5. The summed E-state index contributed by atoms with van der Waals surface area (Å²) in [6, 6.07) is 8.79. The van der Waals surface area contributed by atoms with Gasteiger partial charge in [0.2, 0.25) is 0 Å². The maximum Gasteiger partial charge on any atom is 0.137 e. The maximum atomic E-state index is 13.0. The summed E-state index contributed by atoms with van der Waals surface area (Å²) >= 11 is 4.85. The fraction of sp³-hybridized carbons (Fsp3) is 0.231. The molecule has 0 amide bonds. The second kappa shape index (κ2) is 6.31. The zero-order valence-electron chi connectivity index (χ0n) is 9.87. The molecule has 2 nitrogen and oxygen atoms in total. The van der Waals surface area contributed by atoms with Gasteiger partial charge < -0.3 is 10.1 Å². The average Bonchev–Trinajstić information content (AvgIpc) is 2.79. The van der Waals surface area contributed by atoms with Crippen LogP contribution in [-0.2, 0) is 13.2 Å². The first kappa shape index (κ1) is 13.5. The van der Waals surface area contributed by atoms with E-state index in [0.717, 1.165) is 11.4 Å². The fourth-order valence-electron chi connectivity index (χ4n) is 1.49. The van der Waals surface area contributed by atoms with Crippen LogP contribution in [0.2, 0.25) is 0 Å². The van der Waals surface area contributed by atoms with Gasteiger partial charge in [-0.2, -0.15) is 0 Å². The monoisotopic (exact) mass is 329 g/mol. The Morgan fingerprint density at radius 2 is 2.06 bits per heavy atom. The molecular weight excluding hydrogens is 317 g/mol. The highest BCUT2D eigenvalue weighted by Gasteiger charge is 2.03. The second-order valence-corrected chi connectivity index (χ2v) is 5.87. The molecule has 0 aliphatic rings. The van der Waals surface area contributed by atoms with Crippen LogP contribution < -0.4 is 10.1 Å². The van der Waals surface area contributed by atoms with E-state index in [1.807, 2.05) is 7.05 Å². The molecule has 5 heteroatoms. The second-order valence-electron chi connectivity index (χ2n) is 3.76. The van der Waals surface area contributed by atoms with Crippen LogP contribution in [0.4, 0.5) is 4.39 Å². The molecule has 0 bridgehead atoms. The molecule has 0 radical (unpaired) electrons. The Kier molecular flexibility index (Phi) is 4.74. The van der Waals surface area contributed by atoms with E-state index in [2.05, 4.69) is 33.4 Å². The standard InChI is InChI=1S/C13H13BrFNOS/c1-16-7-10-3-4-11(18-10)8-17-9-2-5-13(15)12(14)6-9/h2-6,16H,7-8H2,1H3. The summed E-state index contributed by atoms with van der Waals surface area (Å²) in [6.07, 6.45) is 0. The molecule has 0 unspecified atom stereocenters. The van der Waals surface area contributed by atoms with Crippen LogP contribution >= 0.6 is 27.3 Å². The van der Waals surface area contributed by atoms with Crippen molar-refractivity contribution >= 4 is 27.3 Å². The van der Waals surface area contributed by atoms with E-state index in [4.69, 9.17) is 4.74 Å². The first-order valence-corrected chi connectivity index (χ1v) is 7.10. The smallest absolute Gasteiger partial charge is 0.137 e. The molecule has 0 aliphatic heterocycles. The van der Waals surface area contributed by atoms with Crippen molar-refractivity contribution in [2.45, 2.75) is 13.2 Å². The van der Waals surface area contributed by atoms with Gasteiger partial charge in [-0.25, -0.2) is 4.39 Å². The van der Waals surface area contributed by atoms with Crippen molar-refractivity contribution in [3.8, 4) is 5.75 Å². The molecule has 0 saturated heterocycles. The van der Waals surface area contributed by atoms with Crippen LogP contribution in [0.5, 0.6) is 5.75 Å². The normalized spacial score (nSPS) is 10.6. The molecule has 18 heavy (non-hydrogen) atoms. The summed E-state index contributed by atoms with van der Waals surface area (Å²) in [6.45, 7) is 1.37. The Morgan fingerprint density at radius 1 is 1.28 bits per heavy atom. The van der Waals surface area contributed by atoms with Gasteiger partial charge in [0.05, 0.1) is 4.47 Å². The lowest BCUT2D eigenvalue weighted by molar-refractivity contribution is 0.309. The fourth-order valence-corrected chi connectivity index (χ4v) is 2.79. The van der Waals surface area contributed by atoms with Crippen LogP contribution in [0.3, 0.4) is 0 Å². The summed E-state index contributed by atoms with van der Waals surface area (Å²) in [5, 5.41) is 3.11. The number of benzene rings is 1. The van der Waals surface area contributed by atoms with Gasteiger partial charge in [-0.15, -0.1) is 11.3 Å². The first-order chi connectivity index (χ1) is 8.69. The third-order valence-electron chi connectivity index (χ3n) is 2.34. The Hall–Kier alpha value is -0.910. The number of halogens is 2. The van der Waals surface area contributed by atoms with Crippen molar-refractivity contribution < 1.29 is 9.13 Å². The predicted octanol–water partition coefficient (Wildman–Crippen LogP) is 3.95. The predicted molar refractivity (Wildman–Crippen MR) is 75.5 cm³/mol. The van der Waals surface area contributed by atoms with E-state index in [1.165, 1.54) is 10.9 Å². The van der Waals surface area contributed by atoms with Gasteiger partial charge in [-0.1, -0.05) is 0 Å². The van der Waals surface area contributed by atoms with Gasteiger partial charge in [0, 0.05) is 16.3 Å². The lowest BCUT2D eigenvalue weighted by Crippen LogP contribution is -2.02. The van der Waals surface area contributed by atoms with Crippen LogP contribution in [0.1, 0.15) is 9.75 Å². The van der Waals surface area contributed by atoms with Gasteiger partial charge in [0.15, 0.2) is 0 Å². The molecule has 0 atom stereocenters. The first-order valence-electron chi connectivity index (χ1n) is 5.49. The van der Waals surface area contributed by atoms with E-state index >= 15 is 0 Å². The summed E-state index contributed by atoms with van der Waals surface area (Å²) in [7, 11) is 1.92. The molecule has 1 N–H and O–H groups in total. The van der Waals surface area contributed by atoms with Crippen molar-refractivity contribution in [2.24, 2.45) is 0 Å². The molecule has 96 valence electrons. The van der Waals surface area contributed by atoms with Crippen molar-refractivity contribution in [1.82, 2.24) is 5.32 Å². The number of hydrogen-bond donors (Lipinski definition) is 1. The molecule has 1 heterocycles. The van der Waals surface area contributed by atoms with Crippen molar-refractivity contribution in [2.75, 3.05) is 7.05 Å².